The molecule has 0 aliphatic heterocycles. The van der Waals surface area contributed by atoms with Gasteiger partial charge in [0.2, 0.25) is 0 Å². The lowest BCUT2D eigenvalue weighted by Crippen LogP contribution is -2.41. The van der Waals surface area contributed by atoms with Crippen molar-refractivity contribution < 1.29 is 4.39 Å². The third-order valence-electron chi connectivity index (χ3n) is 4.11. The van der Waals surface area contributed by atoms with Gasteiger partial charge in [0, 0.05) is 5.54 Å². The summed E-state index contributed by atoms with van der Waals surface area (Å²) >= 11 is 0. The number of hydrogen-bond donors (Lipinski definition) is 1. The summed E-state index contributed by atoms with van der Waals surface area (Å²) in [6, 6.07) is 7.30. The highest BCUT2D eigenvalue weighted by Gasteiger charge is 2.28. The quantitative estimate of drug-likeness (QED) is 0.847. The van der Waals surface area contributed by atoms with Crippen LogP contribution >= 0.6 is 0 Å². The number of nitrogens with one attached hydrogen (secondary N) is 1. The fourth-order valence-corrected chi connectivity index (χ4v) is 3.07. The third-order valence-corrected chi connectivity index (χ3v) is 4.11. The van der Waals surface area contributed by atoms with Crippen LogP contribution in [-0.4, -0.2) is 12.1 Å². The number of hydrogen-bond acceptors (Lipinski definition) is 1. The van der Waals surface area contributed by atoms with Gasteiger partial charge in [0.15, 0.2) is 0 Å². The Balaban J connectivity index is 2.10. The molecule has 0 radical (unpaired) electrons. The maximum Gasteiger partial charge on any atom is 0.126 e. The van der Waals surface area contributed by atoms with Gasteiger partial charge >= 0.3 is 0 Å². The van der Waals surface area contributed by atoms with Gasteiger partial charge in [-0.15, -0.1) is 0 Å². The summed E-state index contributed by atoms with van der Waals surface area (Å²) in [5.41, 5.74) is 1.06. The molecule has 1 aliphatic carbocycles. The molecule has 1 aliphatic rings. The standard InChI is InChI=1S/C17H26FN/c1-17(2,3)19-12-13-8-4-5-9-14(13)15-10-6-7-11-16(15)18/h6-7,10-11,13-14,19H,4-5,8-9,12H2,1-3H3. The van der Waals surface area contributed by atoms with E-state index < -0.39 is 0 Å². The van der Waals surface area contributed by atoms with E-state index in [-0.39, 0.29) is 11.4 Å². The second-order valence-electron chi connectivity index (χ2n) is 6.80. The van der Waals surface area contributed by atoms with Crippen LogP contribution < -0.4 is 5.32 Å². The van der Waals surface area contributed by atoms with Gasteiger partial charge in [0.1, 0.15) is 5.82 Å². The largest absolute Gasteiger partial charge is 0.312 e. The van der Waals surface area contributed by atoms with E-state index in [4.69, 9.17) is 0 Å². The maximum absolute atomic E-state index is 14.0. The van der Waals surface area contributed by atoms with Crippen LogP contribution in [0.15, 0.2) is 24.3 Å². The monoisotopic (exact) mass is 263 g/mol. The molecular formula is C17H26FN. The number of benzene rings is 1. The Morgan fingerprint density at radius 1 is 1.16 bits per heavy atom. The van der Waals surface area contributed by atoms with E-state index in [1.807, 2.05) is 12.1 Å². The molecule has 1 nitrogen and oxygen atoms in total. The van der Waals surface area contributed by atoms with Crippen LogP contribution in [0.5, 0.6) is 0 Å². The van der Waals surface area contributed by atoms with E-state index in [0.717, 1.165) is 18.5 Å². The summed E-state index contributed by atoms with van der Waals surface area (Å²) in [5, 5.41) is 3.59. The lowest BCUT2D eigenvalue weighted by atomic mass is 9.75. The van der Waals surface area contributed by atoms with Crippen molar-refractivity contribution in [2.75, 3.05) is 6.54 Å². The van der Waals surface area contributed by atoms with Crippen LogP contribution in [0, 0.1) is 11.7 Å². The normalized spacial score (nSPS) is 24.4. The van der Waals surface area contributed by atoms with Gasteiger partial charge in [-0.2, -0.15) is 0 Å². The van der Waals surface area contributed by atoms with E-state index in [2.05, 4.69) is 26.1 Å². The number of halogens is 1. The summed E-state index contributed by atoms with van der Waals surface area (Å²) in [7, 11) is 0. The molecule has 1 aromatic rings. The maximum atomic E-state index is 14.0. The molecule has 2 unspecified atom stereocenters. The van der Waals surface area contributed by atoms with Gasteiger partial charge < -0.3 is 5.32 Å². The summed E-state index contributed by atoms with van der Waals surface area (Å²) in [6.07, 6.45) is 4.84. The van der Waals surface area contributed by atoms with Gasteiger partial charge in [-0.3, -0.25) is 0 Å². The third kappa shape index (κ3) is 4.04. The zero-order valence-corrected chi connectivity index (χ0v) is 12.4. The molecule has 1 fully saturated rings. The molecule has 0 spiro atoms. The molecule has 0 heterocycles. The van der Waals surface area contributed by atoms with Crippen molar-refractivity contribution in [3.05, 3.63) is 35.6 Å². The van der Waals surface area contributed by atoms with Crippen LogP contribution in [0.4, 0.5) is 4.39 Å². The van der Waals surface area contributed by atoms with Crippen LogP contribution in [0.3, 0.4) is 0 Å². The van der Waals surface area contributed by atoms with Crippen LogP contribution in [0.2, 0.25) is 0 Å². The van der Waals surface area contributed by atoms with Gasteiger partial charge in [-0.05, 0) is 63.6 Å². The Hall–Kier alpha value is -0.890. The zero-order valence-electron chi connectivity index (χ0n) is 12.4. The Labute approximate surface area is 116 Å². The SMILES string of the molecule is CC(C)(C)NCC1CCCCC1c1ccccc1F. The van der Waals surface area contributed by atoms with Gasteiger partial charge in [-0.1, -0.05) is 31.0 Å². The van der Waals surface area contributed by atoms with Gasteiger partial charge in [0.05, 0.1) is 0 Å². The van der Waals surface area contributed by atoms with Crippen molar-refractivity contribution in [2.24, 2.45) is 5.92 Å². The zero-order chi connectivity index (χ0) is 13.9. The fourth-order valence-electron chi connectivity index (χ4n) is 3.07. The average molecular weight is 263 g/mol. The Bertz CT molecular complexity index is 408. The molecule has 2 atom stereocenters. The predicted molar refractivity (Wildman–Crippen MR) is 78.9 cm³/mol. The Morgan fingerprint density at radius 2 is 1.84 bits per heavy atom. The molecule has 1 aromatic carbocycles. The first-order chi connectivity index (χ1) is 8.97. The first-order valence-electron chi connectivity index (χ1n) is 7.47. The first kappa shape index (κ1) is 14.5. The average Bonchev–Trinajstić information content (AvgIpc) is 2.37. The second kappa shape index (κ2) is 6.04. The number of rotatable bonds is 3. The Morgan fingerprint density at radius 3 is 2.53 bits per heavy atom. The Kier molecular flexibility index (Phi) is 4.62. The van der Waals surface area contributed by atoms with Crippen molar-refractivity contribution in [1.29, 1.82) is 0 Å². The summed E-state index contributed by atoms with van der Waals surface area (Å²) in [6.45, 7) is 7.55. The van der Waals surface area contributed by atoms with Crippen LogP contribution in [-0.2, 0) is 0 Å². The minimum Gasteiger partial charge on any atom is -0.312 e. The van der Waals surface area contributed by atoms with Crippen LogP contribution in [0.25, 0.3) is 0 Å². The predicted octanol–water partition coefficient (Wildman–Crippen LogP) is 4.49. The van der Waals surface area contributed by atoms with Crippen molar-refractivity contribution in [2.45, 2.75) is 57.9 Å². The second-order valence-corrected chi connectivity index (χ2v) is 6.80. The van der Waals surface area contributed by atoms with E-state index in [9.17, 15) is 4.39 Å². The molecule has 19 heavy (non-hydrogen) atoms. The fraction of sp³-hybridized carbons (Fsp3) is 0.647. The van der Waals surface area contributed by atoms with Gasteiger partial charge in [-0.25, -0.2) is 4.39 Å². The summed E-state index contributed by atoms with van der Waals surface area (Å²) in [4.78, 5) is 0. The topological polar surface area (TPSA) is 12.0 Å². The molecule has 106 valence electrons. The smallest absolute Gasteiger partial charge is 0.126 e. The summed E-state index contributed by atoms with van der Waals surface area (Å²) in [5.74, 6) is 0.907. The highest BCUT2D eigenvalue weighted by molar-refractivity contribution is 5.23. The van der Waals surface area contributed by atoms with Crippen molar-refractivity contribution >= 4 is 0 Å². The van der Waals surface area contributed by atoms with E-state index >= 15 is 0 Å². The van der Waals surface area contributed by atoms with Crippen LogP contribution in [0.1, 0.15) is 57.9 Å². The molecular weight excluding hydrogens is 237 g/mol. The molecule has 0 saturated heterocycles. The van der Waals surface area contributed by atoms with Gasteiger partial charge in [0.25, 0.3) is 0 Å². The highest BCUT2D eigenvalue weighted by Crippen LogP contribution is 2.38. The molecule has 1 N–H and O–H groups in total. The van der Waals surface area contributed by atoms with E-state index in [1.165, 1.54) is 19.3 Å². The molecule has 2 rings (SSSR count). The molecule has 2 heteroatoms. The molecule has 0 bridgehead atoms. The van der Waals surface area contributed by atoms with E-state index in [1.54, 1.807) is 12.1 Å². The minimum absolute atomic E-state index is 0.0323. The molecule has 1 saturated carbocycles. The first-order valence-corrected chi connectivity index (χ1v) is 7.47. The van der Waals surface area contributed by atoms with Crippen molar-refractivity contribution in [3.63, 3.8) is 0 Å². The highest BCUT2D eigenvalue weighted by atomic mass is 19.1. The van der Waals surface area contributed by atoms with Crippen molar-refractivity contribution in [3.8, 4) is 0 Å². The molecule has 0 amide bonds. The van der Waals surface area contributed by atoms with E-state index in [0.29, 0.717) is 11.8 Å². The lowest BCUT2D eigenvalue weighted by Gasteiger charge is -2.34. The summed E-state index contributed by atoms with van der Waals surface area (Å²) < 4.78 is 14.0. The molecule has 0 aromatic heterocycles. The lowest BCUT2D eigenvalue weighted by molar-refractivity contribution is 0.265. The van der Waals surface area contributed by atoms with Crippen molar-refractivity contribution in [1.82, 2.24) is 5.32 Å². The minimum atomic E-state index is -0.0323.